The Bertz CT molecular complexity index is 316. The average Bonchev–Trinajstić information content (AvgIpc) is 2.43. The molecule has 1 fully saturated rings. The summed E-state index contributed by atoms with van der Waals surface area (Å²) in [5, 5.41) is 12.1. The van der Waals surface area contributed by atoms with Crippen molar-refractivity contribution in [3.8, 4) is 0 Å². The summed E-state index contributed by atoms with van der Waals surface area (Å²) < 4.78 is 0. The number of piperidine rings is 1. The third kappa shape index (κ3) is 4.49. The molecule has 5 heteroatoms. The number of amides is 1. The molecule has 0 aromatic rings. The van der Waals surface area contributed by atoms with Crippen molar-refractivity contribution >= 4 is 11.9 Å². The van der Waals surface area contributed by atoms with Gasteiger partial charge in [0, 0.05) is 12.6 Å². The van der Waals surface area contributed by atoms with E-state index in [0.717, 1.165) is 25.8 Å². The van der Waals surface area contributed by atoms with Crippen molar-refractivity contribution in [2.75, 3.05) is 13.1 Å². The summed E-state index contributed by atoms with van der Waals surface area (Å²) in [6, 6.07) is -0.0299. The highest BCUT2D eigenvalue weighted by atomic mass is 16.4. The molecule has 1 heterocycles. The topological polar surface area (TPSA) is 69.6 Å². The van der Waals surface area contributed by atoms with Gasteiger partial charge in [0.05, 0.1) is 12.0 Å². The fourth-order valence-electron chi connectivity index (χ4n) is 2.54. The zero-order valence-corrected chi connectivity index (χ0v) is 12.2. The third-order valence-corrected chi connectivity index (χ3v) is 4.06. The van der Waals surface area contributed by atoms with Gasteiger partial charge in [-0.2, -0.15) is 0 Å². The highest BCUT2D eigenvalue weighted by Gasteiger charge is 2.30. The summed E-state index contributed by atoms with van der Waals surface area (Å²) in [5.74, 6) is -1.07. The first-order valence-electron chi connectivity index (χ1n) is 7.26. The van der Waals surface area contributed by atoms with Gasteiger partial charge in [-0.15, -0.1) is 0 Å². The van der Waals surface area contributed by atoms with Crippen LogP contribution in [0.4, 0.5) is 0 Å². The van der Waals surface area contributed by atoms with Gasteiger partial charge in [-0.05, 0) is 39.2 Å². The van der Waals surface area contributed by atoms with Gasteiger partial charge in [0.25, 0.3) is 0 Å². The Labute approximate surface area is 115 Å². The van der Waals surface area contributed by atoms with Crippen molar-refractivity contribution in [1.82, 2.24) is 10.2 Å². The molecule has 0 unspecified atom stereocenters. The smallest absolute Gasteiger partial charge is 0.307 e. The zero-order chi connectivity index (χ0) is 14.4. The molecule has 0 radical (unpaired) electrons. The van der Waals surface area contributed by atoms with Crippen molar-refractivity contribution in [3.63, 3.8) is 0 Å². The minimum atomic E-state index is -0.752. The molecule has 0 aromatic carbocycles. The van der Waals surface area contributed by atoms with Crippen LogP contribution < -0.4 is 5.32 Å². The molecule has 2 N–H and O–H groups in total. The first-order valence-corrected chi connectivity index (χ1v) is 7.26. The van der Waals surface area contributed by atoms with Crippen molar-refractivity contribution < 1.29 is 14.7 Å². The Morgan fingerprint density at radius 2 is 2.00 bits per heavy atom. The van der Waals surface area contributed by atoms with Crippen LogP contribution in [0.15, 0.2) is 0 Å². The molecule has 110 valence electrons. The third-order valence-electron chi connectivity index (χ3n) is 4.06. The molecule has 0 aliphatic carbocycles. The van der Waals surface area contributed by atoms with E-state index >= 15 is 0 Å². The quantitative estimate of drug-likeness (QED) is 0.767. The number of carbonyl (C=O) groups is 2. The number of carbonyl (C=O) groups excluding carboxylic acids is 1. The van der Waals surface area contributed by atoms with Gasteiger partial charge in [-0.1, -0.05) is 13.8 Å². The highest BCUT2D eigenvalue weighted by molar-refractivity contribution is 5.81. The maximum absolute atomic E-state index is 12.1. The molecule has 0 aromatic heterocycles. The second-order valence-corrected chi connectivity index (χ2v) is 5.37. The predicted octanol–water partition coefficient (Wildman–Crippen LogP) is 1.48. The van der Waals surface area contributed by atoms with Crippen LogP contribution in [-0.4, -0.2) is 47.1 Å². The largest absolute Gasteiger partial charge is 0.481 e. The summed E-state index contributed by atoms with van der Waals surface area (Å²) in [6.45, 7) is 7.26. The van der Waals surface area contributed by atoms with E-state index < -0.39 is 5.97 Å². The molecule has 1 saturated heterocycles. The van der Waals surface area contributed by atoms with E-state index in [1.165, 1.54) is 0 Å². The monoisotopic (exact) mass is 270 g/mol. The van der Waals surface area contributed by atoms with E-state index in [4.69, 9.17) is 5.11 Å². The average molecular weight is 270 g/mol. The van der Waals surface area contributed by atoms with Crippen molar-refractivity contribution in [2.24, 2.45) is 5.92 Å². The summed E-state index contributed by atoms with van der Waals surface area (Å²) in [7, 11) is 0. The molecule has 1 amide bonds. The number of rotatable bonds is 6. The van der Waals surface area contributed by atoms with E-state index in [9.17, 15) is 9.59 Å². The van der Waals surface area contributed by atoms with E-state index in [1.807, 2.05) is 11.8 Å². The van der Waals surface area contributed by atoms with E-state index in [-0.39, 0.29) is 23.9 Å². The lowest BCUT2D eigenvalue weighted by atomic mass is 9.97. The molecule has 2 atom stereocenters. The number of hydrogen-bond acceptors (Lipinski definition) is 3. The standard InChI is InChI=1S/C14H26N2O3/c1-4-12(5-2)15-13(17)10(3)16-8-6-7-11(9-16)14(18)19/h10-12H,4-9H2,1-3H3,(H,15,17)(H,18,19)/t10-,11+/m0/s1. The Hall–Kier alpha value is -1.10. The molecular formula is C14H26N2O3. The van der Waals surface area contributed by atoms with Crippen LogP contribution in [0.1, 0.15) is 46.5 Å². The van der Waals surface area contributed by atoms with Gasteiger partial charge < -0.3 is 10.4 Å². The lowest BCUT2D eigenvalue weighted by molar-refractivity contribution is -0.145. The number of carboxylic acids is 1. The molecule has 1 aliphatic heterocycles. The Balaban J connectivity index is 2.53. The number of hydrogen-bond donors (Lipinski definition) is 2. The summed E-state index contributed by atoms with van der Waals surface area (Å²) in [5.41, 5.74) is 0. The van der Waals surface area contributed by atoms with E-state index in [1.54, 1.807) is 0 Å². The van der Waals surface area contributed by atoms with Crippen LogP contribution in [0.2, 0.25) is 0 Å². The molecule has 0 saturated carbocycles. The molecule has 1 aliphatic rings. The highest BCUT2D eigenvalue weighted by Crippen LogP contribution is 2.18. The van der Waals surface area contributed by atoms with Crippen molar-refractivity contribution in [3.05, 3.63) is 0 Å². The molecule has 19 heavy (non-hydrogen) atoms. The van der Waals surface area contributed by atoms with Crippen molar-refractivity contribution in [2.45, 2.75) is 58.5 Å². The normalized spacial score (nSPS) is 22.2. The van der Waals surface area contributed by atoms with Gasteiger partial charge in [-0.3, -0.25) is 14.5 Å². The first-order chi connectivity index (χ1) is 8.99. The number of nitrogens with zero attached hydrogens (tertiary/aromatic N) is 1. The van der Waals surface area contributed by atoms with Crippen LogP contribution in [-0.2, 0) is 9.59 Å². The fraction of sp³-hybridized carbons (Fsp3) is 0.857. The minimum Gasteiger partial charge on any atom is -0.481 e. The maximum Gasteiger partial charge on any atom is 0.307 e. The maximum atomic E-state index is 12.1. The Kier molecular flexibility index (Phi) is 6.28. The van der Waals surface area contributed by atoms with Gasteiger partial charge >= 0.3 is 5.97 Å². The van der Waals surface area contributed by atoms with Crippen LogP contribution in [0.3, 0.4) is 0 Å². The zero-order valence-electron chi connectivity index (χ0n) is 12.2. The second-order valence-electron chi connectivity index (χ2n) is 5.37. The van der Waals surface area contributed by atoms with Crippen LogP contribution in [0, 0.1) is 5.92 Å². The van der Waals surface area contributed by atoms with Crippen LogP contribution in [0.5, 0.6) is 0 Å². The van der Waals surface area contributed by atoms with Gasteiger partial charge in [0.15, 0.2) is 0 Å². The second kappa shape index (κ2) is 7.48. The number of aliphatic carboxylic acids is 1. The predicted molar refractivity (Wildman–Crippen MR) is 73.9 cm³/mol. The van der Waals surface area contributed by atoms with Crippen LogP contribution >= 0.6 is 0 Å². The molecule has 1 rings (SSSR count). The number of likely N-dealkylation sites (tertiary alicyclic amines) is 1. The lowest BCUT2D eigenvalue weighted by Gasteiger charge is -2.35. The number of carboxylic acid groups (broad SMARTS) is 1. The lowest BCUT2D eigenvalue weighted by Crippen LogP contribution is -2.51. The van der Waals surface area contributed by atoms with E-state index in [2.05, 4.69) is 19.2 Å². The Morgan fingerprint density at radius 1 is 1.37 bits per heavy atom. The van der Waals surface area contributed by atoms with E-state index in [0.29, 0.717) is 13.0 Å². The molecule has 5 nitrogen and oxygen atoms in total. The van der Waals surface area contributed by atoms with Crippen molar-refractivity contribution in [1.29, 1.82) is 0 Å². The summed E-state index contributed by atoms with van der Waals surface area (Å²) >= 11 is 0. The molecule has 0 spiro atoms. The van der Waals surface area contributed by atoms with Gasteiger partial charge in [0.2, 0.25) is 5.91 Å². The first kappa shape index (κ1) is 16.0. The van der Waals surface area contributed by atoms with Crippen LogP contribution in [0.25, 0.3) is 0 Å². The van der Waals surface area contributed by atoms with Gasteiger partial charge in [0.1, 0.15) is 0 Å². The number of nitrogens with one attached hydrogen (secondary N) is 1. The molecule has 0 bridgehead atoms. The summed E-state index contributed by atoms with van der Waals surface area (Å²) in [4.78, 5) is 25.2. The summed E-state index contributed by atoms with van der Waals surface area (Å²) in [6.07, 6.45) is 3.41. The fourth-order valence-corrected chi connectivity index (χ4v) is 2.54. The minimum absolute atomic E-state index is 0.0136. The SMILES string of the molecule is CCC(CC)NC(=O)[C@H](C)N1CCC[C@@H](C(=O)O)C1. The molecular weight excluding hydrogens is 244 g/mol. The Morgan fingerprint density at radius 3 is 2.53 bits per heavy atom. The van der Waals surface area contributed by atoms with Gasteiger partial charge in [-0.25, -0.2) is 0 Å².